The third-order valence-corrected chi connectivity index (χ3v) is 4.19. The first-order valence-corrected chi connectivity index (χ1v) is 6.58. The van der Waals surface area contributed by atoms with E-state index in [1.54, 1.807) is 0 Å². The lowest BCUT2D eigenvalue weighted by Gasteiger charge is -2.43. The Kier molecular flexibility index (Phi) is 3.16. The molecule has 1 saturated heterocycles. The number of thiocarbonyl (C=S) groups is 1. The van der Waals surface area contributed by atoms with Gasteiger partial charge in [-0.05, 0) is 32.1 Å². The largest absolute Gasteiger partial charge is 0.393 e. The fourth-order valence-corrected chi connectivity index (χ4v) is 2.87. The maximum atomic E-state index is 11.9. The van der Waals surface area contributed by atoms with Crippen molar-refractivity contribution in [3.63, 3.8) is 0 Å². The molecule has 0 radical (unpaired) electrons. The average molecular weight is 255 g/mol. The summed E-state index contributed by atoms with van der Waals surface area (Å²) in [5.74, 6) is 0.120. The van der Waals surface area contributed by atoms with Crippen LogP contribution in [-0.4, -0.2) is 41.0 Å². The van der Waals surface area contributed by atoms with E-state index in [-0.39, 0.29) is 11.3 Å². The number of hydrogen-bond donors (Lipinski definition) is 2. The van der Waals surface area contributed by atoms with E-state index in [2.05, 4.69) is 10.2 Å². The minimum atomic E-state index is -0.413. The minimum absolute atomic E-state index is 0.120. The van der Waals surface area contributed by atoms with E-state index in [1.807, 2.05) is 13.8 Å². The molecule has 4 nitrogen and oxygen atoms in total. The second kappa shape index (κ2) is 4.21. The molecule has 0 aromatic heterocycles. The maximum absolute atomic E-state index is 11.9. The summed E-state index contributed by atoms with van der Waals surface area (Å²) in [5.41, 5.74) is 5.49. The molecule has 0 aromatic carbocycles. The van der Waals surface area contributed by atoms with E-state index in [1.165, 1.54) is 12.8 Å². The number of piperazine rings is 1. The van der Waals surface area contributed by atoms with Gasteiger partial charge in [-0.25, -0.2) is 0 Å². The SMILES string of the molecule is CC1(C)C(=O)NCCN1CC1(CC(N)=S)CC1. The predicted octanol–water partition coefficient (Wildman–Crippen LogP) is 0.653. The highest BCUT2D eigenvalue weighted by molar-refractivity contribution is 7.80. The molecule has 3 N–H and O–H groups in total. The molecule has 2 fully saturated rings. The molecule has 0 unspecified atom stereocenters. The van der Waals surface area contributed by atoms with Gasteiger partial charge in [-0.2, -0.15) is 0 Å². The Bertz CT molecular complexity index is 350. The second-order valence-electron chi connectivity index (χ2n) is 5.88. The van der Waals surface area contributed by atoms with Gasteiger partial charge in [-0.15, -0.1) is 0 Å². The smallest absolute Gasteiger partial charge is 0.239 e. The summed E-state index contributed by atoms with van der Waals surface area (Å²) in [6, 6.07) is 0. The highest BCUT2D eigenvalue weighted by Crippen LogP contribution is 2.50. The summed E-state index contributed by atoms with van der Waals surface area (Å²) in [7, 11) is 0. The summed E-state index contributed by atoms with van der Waals surface area (Å²) < 4.78 is 0. The molecule has 0 aromatic rings. The van der Waals surface area contributed by atoms with Crippen molar-refractivity contribution in [2.45, 2.75) is 38.6 Å². The molecule has 0 spiro atoms. The van der Waals surface area contributed by atoms with Gasteiger partial charge in [-0.1, -0.05) is 12.2 Å². The number of amides is 1. The summed E-state index contributed by atoms with van der Waals surface area (Å²) in [4.78, 5) is 14.7. The lowest BCUT2D eigenvalue weighted by molar-refractivity contribution is -0.135. The van der Waals surface area contributed by atoms with Crippen LogP contribution in [0.15, 0.2) is 0 Å². The molecule has 1 aliphatic carbocycles. The van der Waals surface area contributed by atoms with Crippen molar-refractivity contribution in [3.8, 4) is 0 Å². The lowest BCUT2D eigenvalue weighted by atomic mass is 9.94. The van der Waals surface area contributed by atoms with Crippen molar-refractivity contribution in [1.82, 2.24) is 10.2 Å². The van der Waals surface area contributed by atoms with Gasteiger partial charge in [0.05, 0.1) is 10.5 Å². The summed E-state index contributed by atoms with van der Waals surface area (Å²) in [6.45, 7) is 6.56. The first-order chi connectivity index (χ1) is 7.86. The molecular formula is C12H21N3OS. The minimum Gasteiger partial charge on any atom is -0.393 e. The van der Waals surface area contributed by atoms with Crippen LogP contribution in [0.1, 0.15) is 33.1 Å². The van der Waals surface area contributed by atoms with Crippen LogP contribution in [0.25, 0.3) is 0 Å². The number of hydrogen-bond acceptors (Lipinski definition) is 3. The van der Waals surface area contributed by atoms with Crippen molar-refractivity contribution < 1.29 is 4.79 Å². The lowest BCUT2D eigenvalue weighted by Crippen LogP contribution is -2.62. The van der Waals surface area contributed by atoms with E-state index in [0.29, 0.717) is 4.99 Å². The third kappa shape index (κ3) is 2.60. The number of carbonyl (C=O) groups is 1. The number of nitrogens with two attached hydrogens (primary N) is 1. The van der Waals surface area contributed by atoms with Gasteiger partial charge in [0.15, 0.2) is 0 Å². The molecule has 0 atom stereocenters. The van der Waals surface area contributed by atoms with E-state index in [9.17, 15) is 4.79 Å². The molecule has 2 rings (SSSR count). The first-order valence-electron chi connectivity index (χ1n) is 6.17. The Hall–Kier alpha value is -0.680. The normalized spacial score (nSPS) is 26.4. The molecule has 0 bridgehead atoms. The van der Waals surface area contributed by atoms with Gasteiger partial charge in [0.25, 0.3) is 0 Å². The van der Waals surface area contributed by atoms with Crippen LogP contribution in [0.4, 0.5) is 0 Å². The fourth-order valence-electron chi connectivity index (χ4n) is 2.56. The number of rotatable bonds is 4. The van der Waals surface area contributed by atoms with Crippen molar-refractivity contribution in [2.75, 3.05) is 19.6 Å². The average Bonchev–Trinajstić information content (AvgIpc) is 2.93. The second-order valence-corrected chi connectivity index (χ2v) is 6.40. The molecular weight excluding hydrogens is 234 g/mol. The monoisotopic (exact) mass is 255 g/mol. The molecule has 1 aliphatic heterocycles. The maximum Gasteiger partial charge on any atom is 0.239 e. The molecule has 1 saturated carbocycles. The summed E-state index contributed by atoms with van der Waals surface area (Å²) in [5, 5.41) is 2.92. The number of carbonyl (C=O) groups excluding carboxylic acids is 1. The molecule has 1 amide bonds. The van der Waals surface area contributed by atoms with E-state index in [4.69, 9.17) is 18.0 Å². The Labute approximate surface area is 108 Å². The topological polar surface area (TPSA) is 58.4 Å². The Balaban J connectivity index is 2.03. The van der Waals surface area contributed by atoms with Crippen LogP contribution >= 0.6 is 12.2 Å². The van der Waals surface area contributed by atoms with Crippen LogP contribution in [0.2, 0.25) is 0 Å². The van der Waals surface area contributed by atoms with Crippen LogP contribution in [-0.2, 0) is 4.79 Å². The van der Waals surface area contributed by atoms with Crippen molar-refractivity contribution >= 4 is 23.1 Å². The molecule has 1 heterocycles. The van der Waals surface area contributed by atoms with Gasteiger partial charge < -0.3 is 11.1 Å². The fraction of sp³-hybridized carbons (Fsp3) is 0.833. The Morgan fingerprint density at radius 2 is 2.18 bits per heavy atom. The number of nitrogens with zero attached hydrogens (tertiary/aromatic N) is 1. The molecule has 5 heteroatoms. The van der Waals surface area contributed by atoms with Crippen molar-refractivity contribution in [1.29, 1.82) is 0 Å². The Morgan fingerprint density at radius 1 is 1.53 bits per heavy atom. The van der Waals surface area contributed by atoms with E-state index in [0.717, 1.165) is 26.1 Å². The van der Waals surface area contributed by atoms with Gasteiger partial charge in [0.1, 0.15) is 0 Å². The van der Waals surface area contributed by atoms with Crippen LogP contribution in [0.5, 0.6) is 0 Å². The van der Waals surface area contributed by atoms with Gasteiger partial charge >= 0.3 is 0 Å². The molecule has 96 valence electrons. The Morgan fingerprint density at radius 3 is 2.71 bits per heavy atom. The van der Waals surface area contributed by atoms with Gasteiger partial charge in [0, 0.05) is 26.1 Å². The zero-order chi connectivity index (χ0) is 12.7. The zero-order valence-electron chi connectivity index (χ0n) is 10.6. The van der Waals surface area contributed by atoms with Crippen LogP contribution in [0.3, 0.4) is 0 Å². The standard InChI is InChI=1S/C12H21N3OS/c1-11(2)10(16)14-5-6-15(11)8-12(3-4-12)7-9(13)17/h3-8H2,1-2H3,(H2,13,17)(H,14,16). The first kappa shape index (κ1) is 12.8. The summed E-state index contributed by atoms with van der Waals surface area (Å²) in [6.07, 6.45) is 3.17. The van der Waals surface area contributed by atoms with Gasteiger partial charge in [0.2, 0.25) is 5.91 Å². The summed E-state index contributed by atoms with van der Waals surface area (Å²) >= 11 is 5.01. The molecule has 17 heavy (non-hydrogen) atoms. The predicted molar refractivity (Wildman–Crippen MR) is 71.7 cm³/mol. The highest BCUT2D eigenvalue weighted by atomic mass is 32.1. The molecule has 2 aliphatic rings. The van der Waals surface area contributed by atoms with E-state index < -0.39 is 5.54 Å². The number of nitrogens with one attached hydrogen (secondary N) is 1. The quantitative estimate of drug-likeness (QED) is 0.724. The van der Waals surface area contributed by atoms with Crippen molar-refractivity contribution in [2.24, 2.45) is 11.1 Å². The third-order valence-electron chi connectivity index (χ3n) is 4.05. The van der Waals surface area contributed by atoms with Crippen molar-refractivity contribution in [3.05, 3.63) is 0 Å². The van der Waals surface area contributed by atoms with Gasteiger partial charge in [-0.3, -0.25) is 9.69 Å². The zero-order valence-corrected chi connectivity index (χ0v) is 11.4. The highest BCUT2D eigenvalue weighted by Gasteiger charge is 2.48. The van der Waals surface area contributed by atoms with Crippen LogP contribution < -0.4 is 11.1 Å². The van der Waals surface area contributed by atoms with E-state index >= 15 is 0 Å². The van der Waals surface area contributed by atoms with Crippen LogP contribution in [0, 0.1) is 5.41 Å².